The van der Waals surface area contributed by atoms with Crippen LogP contribution in [0.25, 0.3) is 0 Å². The van der Waals surface area contributed by atoms with Gasteiger partial charge in [0.15, 0.2) is 0 Å². The second kappa shape index (κ2) is 6.75. The van der Waals surface area contributed by atoms with Crippen LogP contribution in [-0.4, -0.2) is 56.7 Å². The SMILES string of the molecule is COc1ccc([C@H]2[C@@H]3CNC[C@@H]3CN2C(=O)N(C)C)cc1.Cl. The molecule has 1 N–H and O–H groups in total. The van der Waals surface area contributed by atoms with Crippen molar-refractivity contribution in [2.45, 2.75) is 6.04 Å². The van der Waals surface area contributed by atoms with Gasteiger partial charge < -0.3 is 19.9 Å². The number of nitrogens with zero attached hydrogens (tertiary/aromatic N) is 2. The zero-order chi connectivity index (χ0) is 15.0. The number of hydrogen-bond donors (Lipinski definition) is 1. The zero-order valence-corrected chi connectivity index (χ0v) is 14.1. The first kappa shape index (κ1) is 16.9. The number of halogens is 1. The molecule has 3 atom stereocenters. The van der Waals surface area contributed by atoms with Crippen LogP contribution in [0.15, 0.2) is 24.3 Å². The van der Waals surface area contributed by atoms with Gasteiger partial charge >= 0.3 is 6.03 Å². The van der Waals surface area contributed by atoms with Gasteiger partial charge in [0, 0.05) is 39.6 Å². The predicted octanol–water partition coefficient (Wildman–Crippen LogP) is 1.99. The highest BCUT2D eigenvalue weighted by Gasteiger charge is 2.47. The van der Waals surface area contributed by atoms with E-state index in [2.05, 4.69) is 17.4 Å². The Labute approximate surface area is 138 Å². The summed E-state index contributed by atoms with van der Waals surface area (Å²) in [6, 6.07) is 8.38. The summed E-state index contributed by atoms with van der Waals surface area (Å²) in [5.74, 6) is 1.91. The van der Waals surface area contributed by atoms with Crippen molar-refractivity contribution < 1.29 is 9.53 Å². The van der Waals surface area contributed by atoms with Crippen LogP contribution in [-0.2, 0) is 0 Å². The fraction of sp³-hybridized carbons (Fsp3) is 0.562. The molecule has 0 unspecified atom stereocenters. The lowest BCUT2D eigenvalue weighted by molar-refractivity contribution is 0.159. The number of ether oxygens (including phenoxy) is 1. The molecule has 0 radical (unpaired) electrons. The van der Waals surface area contributed by atoms with Crippen LogP contribution < -0.4 is 10.1 Å². The first-order chi connectivity index (χ1) is 10.1. The smallest absolute Gasteiger partial charge is 0.320 e. The molecule has 2 saturated heterocycles. The van der Waals surface area contributed by atoms with E-state index in [0.29, 0.717) is 11.8 Å². The van der Waals surface area contributed by atoms with Crippen molar-refractivity contribution in [2.24, 2.45) is 11.8 Å². The van der Waals surface area contributed by atoms with Gasteiger partial charge in [0.25, 0.3) is 0 Å². The van der Waals surface area contributed by atoms with E-state index in [0.717, 1.165) is 25.4 Å². The first-order valence-electron chi connectivity index (χ1n) is 7.44. The predicted molar refractivity (Wildman–Crippen MR) is 88.6 cm³/mol. The Kier molecular flexibility index (Phi) is 5.19. The topological polar surface area (TPSA) is 44.8 Å². The number of carbonyl (C=O) groups excluding carboxylic acids is 1. The lowest BCUT2D eigenvalue weighted by Gasteiger charge is -2.30. The molecule has 0 spiro atoms. The molecular formula is C16H24ClN3O2. The third-order valence-corrected chi connectivity index (χ3v) is 4.65. The van der Waals surface area contributed by atoms with Gasteiger partial charge in [-0.2, -0.15) is 0 Å². The summed E-state index contributed by atoms with van der Waals surface area (Å²) in [6.07, 6.45) is 0. The summed E-state index contributed by atoms with van der Waals surface area (Å²) in [6.45, 7) is 2.83. The van der Waals surface area contributed by atoms with Crippen molar-refractivity contribution in [1.82, 2.24) is 15.1 Å². The molecule has 3 rings (SSSR count). The Morgan fingerprint density at radius 1 is 1.27 bits per heavy atom. The number of urea groups is 1. The number of rotatable bonds is 2. The van der Waals surface area contributed by atoms with E-state index >= 15 is 0 Å². The van der Waals surface area contributed by atoms with Crippen molar-refractivity contribution in [1.29, 1.82) is 0 Å². The minimum absolute atomic E-state index is 0. The molecule has 22 heavy (non-hydrogen) atoms. The molecule has 1 aromatic carbocycles. The fourth-order valence-electron chi connectivity index (χ4n) is 3.60. The maximum Gasteiger partial charge on any atom is 0.320 e. The minimum Gasteiger partial charge on any atom is -0.497 e. The summed E-state index contributed by atoms with van der Waals surface area (Å²) in [4.78, 5) is 16.2. The van der Waals surface area contributed by atoms with Gasteiger partial charge in [-0.3, -0.25) is 0 Å². The molecule has 2 amide bonds. The molecule has 2 aliphatic rings. The second-order valence-electron chi connectivity index (χ2n) is 6.13. The Morgan fingerprint density at radius 3 is 2.55 bits per heavy atom. The first-order valence-corrected chi connectivity index (χ1v) is 7.44. The summed E-state index contributed by atoms with van der Waals surface area (Å²) in [7, 11) is 5.31. The largest absolute Gasteiger partial charge is 0.497 e. The Morgan fingerprint density at radius 2 is 1.95 bits per heavy atom. The average Bonchev–Trinajstić information content (AvgIpc) is 3.06. The molecule has 2 fully saturated rings. The molecule has 0 saturated carbocycles. The molecule has 6 heteroatoms. The zero-order valence-electron chi connectivity index (χ0n) is 13.3. The van der Waals surface area contributed by atoms with E-state index in [4.69, 9.17) is 4.74 Å². The van der Waals surface area contributed by atoms with Crippen LogP contribution in [0.4, 0.5) is 4.79 Å². The summed E-state index contributed by atoms with van der Waals surface area (Å²) < 4.78 is 5.23. The molecule has 2 aliphatic heterocycles. The van der Waals surface area contributed by atoms with Crippen molar-refractivity contribution in [3.63, 3.8) is 0 Å². The van der Waals surface area contributed by atoms with Crippen LogP contribution in [0.2, 0.25) is 0 Å². The van der Waals surface area contributed by atoms with Gasteiger partial charge in [0.05, 0.1) is 13.2 Å². The quantitative estimate of drug-likeness (QED) is 0.904. The number of carbonyl (C=O) groups is 1. The van der Waals surface area contributed by atoms with Gasteiger partial charge in [0.1, 0.15) is 5.75 Å². The monoisotopic (exact) mass is 325 g/mol. The maximum atomic E-state index is 12.5. The molecule has 1 aromatic rings. The lowest BCUT2D eigenvalue weighted by Crippen LogP contribution is -2.41. The summed E-state index contributed by atoms with van der Waals surface area (Å²) >= 11 is 0. The Bertz CT molecular complexity index is 521. The highest BCUT2D eigenvalue weighted by atomic mass is 35.5. The third kappa shape index (κ3) is 2.88. The van der Waals surface area contributed by atoms with Crippen LogP contribution >= 0.6 is 12.4 Å². The van der Waals surface area contributed by atoms with Gasteiger partial charge in [-0.05, 0) is 23.6 Å². The van der Waals surface area contributed by atoms with Gasteiger partial charge in [0.2, 0.25) is 0 Å². The molecule has 5 nitrogen and oxygen atoms in total. The number of benzene rings is 1. The van der Waals surface area contributed by atoms with Crippen LogP contribution in [0.3, 0.4) is 0 Å². The van der Waals surface area contributed by atoms with Crippen LogP contribution in [0.1, 0.15) is 11.6 Å². The normalized spacial score (nSPS) is 26.3. The molecule has 0 aromatic heterocycles. The van der Waals surface area contributed by atoms with Crippen molar-refractivity contribution >= 4 is 18.4 Å². The van der Waals surface area contributed by atoms with Crippen LogP contribution in [0, 0.1) is 11.8 Å². The number of fused-ring (bicyclic) bond motifs is 1. The van der Waals surface area contributed by atoms with Crippen LogP contribution in [0.5, 0.6) is 5.75 Å². The molecule has 122 valence electrons. The second-order valence-corrected chi connectivity index (χ2v) is 6.13. The van der Waals surface area contributed by atoms with Gasteiger partial charge in [-0.15, -0.1) is 12.4 Å². The van der Waals surface area contributed by atoms with E-state index in [1.54, 1.807) is 12.0 Å². The Balaban J connectivity index is 0.00000176. The standard InChI is InChI=1S/C16H23N3O2.ClH/c1-18(2)16(20)19-10-12-8-17-9-14(12)15(19)11-4-6-13(21-3)7-5-11;/h4-7,12,14-15,17H,8-10H2,1-3H3;1H/t12-,14-,15+;/m1./s1. The highest BCUT2D eigenvalue weighted by Crippen LogP contribution is 2.43. The minimum atomic E-state index is 0. The number of amides is 2. The van der Waals surface area contributed by atoms with Crippen molar-refractivity contribution in [2.75, 3.05) is 40.8 Å². The van der Waals surface area contributed by atoms with E-state index in [9.17, 15) is 4.79 Å². The van der Waals surface area contributed by atoms with E-state index in [1.165, 1.54) is 5.56 Å². The van der Waals surface area contributed by atoms with E-state index in [1.807, 2.05) is 31.1 Å². The number of nitrogens with one attached hydrogen (secondary N) is 1. The van der Waals surface area contributed by atoms with E-state index < -0.39 is 0 Å². The highest BCUT2D eigenvalue weighted by molar-refractivity contribution is 5.85. The van der Waals surface area contributed by atoms with E-state index in [-0.39, 0.29) is 24.5 Å². The number of methoxy groups -OCH3 is 1. The maximum absolute atomic E-state index is 12.5. The van der Waals surface area contributed by atoms with Crippen molar-refractivity contribution in [3.8, 4) is 5.75 Å². The fourth-order valence-corrected chi connectivity index (χ4v) is 3.60. The molecule has 0 aliphatic carbocycles. The lowest BCUT2D eigenvalue weighted by atomic mass is 9.89. The molecular weight excluding hydrogens is 302 g/mol. The average molecular weight is 326 g/mol. The van der Waals surface area contributed by atoms with Gasteiger partial charge in [-0.25, -0.2) is 4.79 Å². The van der Waals surface area contributed by atoms with Gasteiger partial charge in [-0.1, -0.05) is 12.1 Å². The number of likely N-dealkylation sites (tertiary alicyclic amines) is 1. The molecule has 2 heterocycles. The van der Waals surface area contributed by atoms with Crippen molar-refractivity contribution in [3.05, 3.63) is 29.8 Å². The summed E-state index contributed by atoms with van der Waals surface area (Å²) in [5.41, 5.74) is 1.20. The Hall–Kier alpha value is -1.46. The third-order valence-electron chi connectivity index (χ3n) is 4.65. The summed E-state index contributed by atoms with van der Waals surface area (Å²) in [5, 5.41) is 3.46. The molecule has 0 bridgehead atoms. The number of hydrogen-bond acceptors (Lipinski definition) is 3.